The van der Waals surface area contributed by atoms with Crippen molar-refractivity contribution in [3.63, 3.8) is 0 Å². The normalized spacial score (nSPS) is 14.3. The van der Waals surface area contributed by atoms with Crippen LogP contribution < -0.4 is 5.32 Å². The van der Waals surface area contributed by atoms with E-state index in [1.165, 1.54) is 0 Å². The third-order valence-electron chi connectivity index (χ3n) is 4.51. The highest BCUT2D eigenvalue weighted by molar-refractivity contribution is 7.22. The minimum absolute atomic E-state index is 0.278. The maximum Gasteiger partial charge on any atom is 0.222 e. The fourth-order valence-corrected chi connectivity index (χ4v) is 4.36. The predicted octanol–water partition coefficient (Wildman–Crippen LogP) is 4.44. The second kappa shape index (κ2) is 7.60. The van der Waals surface area contributed by atoms with Gasteiger partial charge in [0.05, 0.1) is 10.2 Å². The lowest BCUT2D eigenvalue weighted by molar-refractivity contribution is -0.127. The van der Waals surface area contributed by atoms with Crippen LogP contribution in [0.2, 0.25) is 5.02 Å². The SMILES string of the molecule is O=C1CCCN1CCCNc1ncnc2cc(-c3ccc(Cl)cc3)sc12. The molecule has 0 saturated carbocycles. The largest absolute Gasteiger partial charge is 0.369 e. The summed E-state index contributed by atoms with van der Waals surface area (Å²) in [5.74, 6) is 1.13. The van der Waals surface area contributed by atoms with Crippen LogP contribution in [-0.4, -0.2) is 40.4 Å². The van der Waals surface area contributed by atoms with E-state index in [9.17, 15) is 4.79 Å². The summed E-state index contributed by atoms with van der Waals surface area (Å²) in [6, 6.07) is 9.90. The zero-order valence-corrected chi connectivity index (χ0v) is 15.8. The molecule has 1 aromatic carbocycles. The lowest BCUT2D eigenvalue weighted by Crippen LogP contribution is -2.27. The van der Waals surface area contributed by atoms with Crippen LogP contribution in [0.25, 0.3) is 20.7 Å². The molecule has 1 N–H and O–H groups in total. The van der Waals surface area contributed by atoms with Crippen molar-refractivity contribution in [2.75, 3.05) is 25.0 Å². The highest BCUT2D eigenvalue weighted by Gasteiger charge is 2.19. The monoisotopic (exact) mass is 386 g/mol. The van der Waals surface area contributed by atoms with Gasteiger partial charge in [-0.2, -0.15) is 0 Å². The summed E-state index contributed by atoms with van der Waals surface area (Å²) in [5, 5.41) is 4.13. The van der Waals surface area contributed by atoms with Crippen LogP contribution in [0.15, 0.2) is 36.7 Å². The first-order chi connectivity index (χ1) is 12.7. The fraction of sp³-hybridized carbons (Fsp3) is 0.316. The predicted molar refractivity (Wildman–Crippen MR) is 107 cm³/mol. The van der Waals surface area contributed by atoms with Gasteiger partial charge in [-0.1, -0.05) is 23.7 Å². The van der Waals surface area contributed by atoms with E-state index in [4.69, 9.17) is 11.6 Å². The number of carbonyl (C=O) groups excluding carboxylic acids is 1. The minimum atomic E-state index is 0.278. The molecule has 26 heavy (non-hydrogen) atoms. The molecule has 1 saturated heterocycles. The van der Waals surface area contributed by atoms with Gasteiger partial charge in [0.25, 0.3) is 0 Å². The van der Waals surface area contributed by atoms with E-state index in [1.807, 2.05) is 29.2 Å². The van der Waals surface area contributed by atoms with Gasteiger partial charge in [-0.15, -0.1) is 11.3 Å². The molecule has 0 spiro atoms. The van der Waals surface area contributed by atoms with Gasteiger partial charge in [0.1, 0.15) is 12.1 Å². The molecule has 0 radical (unpaired) electrons. The van der Waals surface area contributed by atoms with Crippen LogP contribution in [0, 0.1) is 0 Å². The highest BCUT2D eigenvalue weighted by Crippen LogP contribution is 2.35. The van der Waals surface area contributed by atoms with E-state index in [-0.39, 0.29) is 5.91 Å². The van der Waals surface area contributed by atoms with E-state index < -0.39 is 0 Å². The van der Waals surface area contributed by atoms with Crippen molar-refractivity contribution >= 4 is 44.9 Å². The van der Waals surface area contributed by atoms with E-state index in [1.54, 1.807) is 17.7 Å². The van der Waals surface area contributed by atoms with E-state index in [2.05, 4.69) is 21.4 Å². The quantitative estimate of drug-likeness (QED) is 0.636. The number of likely N-dealkylation sites (tertiary alicyclic amines) is 1. The molecule has 5 nitrogen and oxygen atoms in total. The third kappa shape index (κ3) is 3.66. The van der Waals surface area contributed by atoms with E-state index >= 15 is 0 Å². The lowest BCUT2D eigenvalue weighted by atomic mass is 10.2. The Balaban J connectivity index is 1.45. The molecule has 1 aliphatic rings. The first-order valence-electron chi connectivity index (χ1n) is 8.73. The number of nitrogens with zero attached hydrogens (tertiary/aromatic N) is 3. The number of aromatic nitrogens is 2. The van der Waals surface area contributed by atoms with Crippen molar-refractivity contribution in [1.29, 1.82) is 0 Å². The number of hydrogen-bond donors (Lipinski definition) is 1. The summed E-state index contributed by atoms with van der Waals surface area (Å²) in [6.07, 6.45) is 4.18. The number of amides is 1. The van der Waals surface area contributed by atoms with Crippen molar-refractivity contribution < 1.29 is 4.79 Å². The van der Waals surface area contributed by atoms with Crippen molar-refractivity contribution in [3.05, 3.63) is 41.7 Å². The molecule has 3 aromatic rings. The molecule has 2 aromatic heterocycles. The number of hydrogen-bond acceptors (Lipinski definition) is 5. The van der Waals surface area contributed by atoms with Crippen LogP contribution in [0.1, 0.15) is 19.3 Å². The van der Waals surface area contributed by atoms with Gasteiger partial charge in [0.15, 0.2) is 0 Å². The number of nitrogens with one attached hydrogen (secondary N) is 1. The molecule has 1 aliphatic heterocycles. The number of anilines is 1. The molecular formula is C19H19ClN4OS. The molecule has 134 valence electrons. The van der Waals surface area contributed by atoms with Crippen LogP contribution in [0.5, 0.6) is 0 Å². The highest BCUT2D eigenvalue weighted by atomic mass is 35.5. The summed E-state index contributed by atoms with van der Waals surface area (Å²) in [7, 11) is 0. The van der Waals surface area contributed by atoms with Crippen LogP contribution in [0.4, 0.5) is 5.82 Å². The first kappa shape index (κ1) is 17.2. The second-order valence-electron chi connectivity index (χ2n) is 6.32. The molecule has 0 aliphatic carbocycles. The smallest absolute Gasteiger partial charge is 0.222 e. The number of fused-ring (bicyclic) bond motifs is 1. The lowest BCUT2D eigenvalue weighted by Gasteiger charge is -2.15. The van der Waals surface area contributed by atoms with Crippen molar-refractivity contribution in [2.45, 2.75) is 19.3 Å². The van der Waals surface area contributed by atoms with Gasteiger partial charge in [-0.3, -0.25) is 4.79 Å². The molecule has 0 unspecified atom stereocenters. The number of carbonyl (C=O) groups is 1. The Morgan fingerprint density at radius 1 is 1.23 bits per heavy atom. The first-order valence-corrected chi connectivity index (χ1v) is 9.92. The van der Waals surface area contributed by atoms with Gasteiger partial charge in [0.2, 0.25) is 5.91 Å². The maximum atomic E-state index is 11.7. The zero-order valence-electron chi connectivity index (χ0n) is 14.2. The third-order valence-corrected chi connectivity index (χ3v) is 5.94. The van der Waals surface area contributed by atoms with E-state index in [0.717, 1.165) is 64.0 Å². The maximum absolute atomic E-state index is 11.7. The van der Waals surface area contributed by atoms with Crippen LogP contribution in [0.3, 0.4) is 0 Å². The molecule has 7 heteroatoms. The molecule has 1 amide bonds. The summed E-state index contributed by atoms with van der Waals surface area (Å²) in [5.41, 5.74) is 2.06. The molecule has 3 heterocycles. The van der Waals surface area contributed by atoms with Crippen LogP contribution >= 0.6 is 22.9 Å². The number of thiophene rings is 1. The number of benzene rings is 1. The Kier molecular flexibility index (Phi) is 5.04. The Labute approximate surface area is 161 Å². The average Bonchev–Trinajstić information content (AvgIpc) is 3.26. The van der Waals surface area contributed by atoms with Gasteiger partial charge in [0, 0.05) is 36.0 Å². The van der Waals surface area contributed by atoms with Crippen molar-refractivity contribution in [2.24, 2.45) is 0 Å². The molecule has 1 fully saturated rings. The average molecular weight is 387 g/mol. The summed E-state index contributed by atoms with van der Waals surface area (Å²) in [4.78, 5) is 23.5. The van der Waals surface area contributed by atoms with Gasteiger partial charge < -0.3 is 10.2 Å². The zero-order chi connectivity index (χ0) is 17.9. The van der Waals surface area contributed by atoms with Gasteiger partial charge >= 0.3 is 0 Å². The van der Waals surface area contributed by atoms with Gasteiger partial charge in [-0.05, 0) is 36.6 Å². The number of rotatable bonds is 6. The standard InChI is InChI=1S/C19H19ClN4OS/c20-14-6-4-13(5-7-14)16-11-15-18(26-16)19(23-12-22-15)21-8-2-10-24-9-1-3-17(24)25/h4-7,11-12H,1-3,8-10H2,(H,21,22,23). The van der Waals surface area contributed by atoms with Crippen molar-refractivity contribution in [3.8, 4) is 10.4 Å². The summed E-state index contributed by atoms with van der Waals surface area (Å²) < 4.78 is 1.05. The summed E-state index contributed by atoms with van der Waals surface area (Å²) >= 11 is 7.65. The Morgan fingerprint density at radius 3 is 2.85 bits per heavy atom. The van der Waals surface area contributed by atoms with E-state index in [0.29, 0.717) is 6.42 Å². The topological polar surface area (TPSA) is 58.1 Å². The fourth-order valence-electron chi connectivity index (χ4n) is 3.15. The molecule has 4 rings (SSSR count). The molecule has 0 bridgehead atoms. The minimum Gasteiger partial charge on any atom is -0.369 e. The van der Waals surface area contributed by atoms with Crippen molar-refractivity contribution in [1.82, 2.24) is 14.9 Å². The Bertz CT molecular complexity index is 925. The molecule has 0 atom stereocenters. The summed E-state index contributed by atoms with van der Waals surface area (Å²) in [6.45, 7) is 2.48. The Morgan fingerprint density at radius 2 is 2.08 bits per heavy atom. The molecular weight excluding hydrogens is 368 g/mol. The van der Waals surface area contributed by atoms with Gasteiger partial charge in [-0.25, -0.2) is 9.97 Å². The number of halogens is 1. The Hall–Kier alpha value is -2.18. The van der Waals surface area contributed by atoms with Crippen LogP contribution in [-0.2, 0) is 4.79 Å². The second-order valence-corrected chi connectivity index (χ2v) is 7.81.